The maximum Gasteiger partial charge on any atom is 0.308 e. The molecular formula is C30H35N3O4. The van der Waals surface area contributed by atoms with Crippen molar-refractivity contribution in [1.29, 1.82) is 0 Å². The zero-order valence-corrected chi connectivity index (χ0v) is 22.3. The minimum atomic E-state index is -0.492. The van der Waals surface area contributed by atoms with Gasteiger partial charge in [-0.15, -0.1) is 0 Å². The number of aryl methyl sites for hydroxylation is 2. The van der Waals surface area contributed by atoms with Crippen molar-refractivity contribution < 1.29 is 18.7 Å². The van der Waals surface area contributed by atoms with Gasteiger partial charge in [-0.3, -0.25) is 9.78 Å². The molecule has 7 nitrogen and oxygen atoms in total. The first kappa shape index (κ1) is 26.5. The SMILES string of the molecule is CCc1ccc(-c2c(-c3ccccn3)oc3ncnc(CC[C@H](C)OCCC(=O)OC(C)(C)C)c23)cc1. The van der Waals surface area contributed by atoms with Crippen molar-refractivity contribution in [3.8, 4) is 22.6 Å². The van der Waals surface area contributed by atoms with E-state index in [1.165, 1.54) is 5.56 Å². The standard InChI is InChI=1S/C30H35N3O4/c1-6-21-11-13-22(14-12-21)26-27-23(15-10-20(2)35-18-16-25(34)37-30(3,4)5)32-19-33-29(27)36-28(26)24-9-7-8-17-31-24/h7-9,11-14,17,19-20H,6,10,15-16,18H2,1-5H3/t20-/m0/s1. The zero-order valence-electron chi connectivity index (χ0n) is 22.3. The van der Waals surface area contributed by atoms with E-state index in [0.717, 1.165) is 40.7 Å². The Morgan fingerprint density at radius 1 is 1.05 bits per heavy atom. The Hall–Kier alpha value is -3.58. The fourth-order valence-corrected chi connectivity index (χ4v) is 4.20. The van der Waals surface area contributed by atoms with Crippen LogP contribution in [0, 0.1) is 0 Å². The molecule has 4 rings (SSSR count). The van der Waals surface area contributed by atoms with Crippen LogP contribution < -0.4 is 0 Å². The lowest BCUT2D eigenvalue weighted by atomic mass is 9.97. The van der Waals surface area contributed by atoms with Gasteiger partial charge in [-0.05, 0) is 70.2 Å². The third-order valence-corrected chi connectivity index (χ3v) is 6.03. The molecule has 194 valence electrons. The van der Waals surface area contributed by atoms with Crippen LogP contribution in [0.4, 0.5) is 0 Å². The fourth-order valence-electron chi connectivity index (χ4n) is 4.20. The molecule has 1 atom stereocenters. The number of benzene rings is 1. The van der Waals surface area contributed by atoms with Crippen molar-refractivity contribution in [1.82, 2.24) is 15.0 Å². The van der Waals surface area contributed by atoms with Crippen LogP contribution in [0.25, 0.3) is 33.7 Å². The molecule has 0 N–H and O–H groups in total. The molecule has 0 saturated carbocycles. The Kier molecular flexibility index (Phi) is 8.34. The summed E-state index contributed by atoms with van der Waals surface area (Å²) < 4.78 is 17.5. The Morgan fingerprint density at radius 3 is 2.51 bits per heavy atom. The zero-order chi connectivity index (χ0) is 26.4. The van der Waals surface area contributed by atoms with E-state index in [2.05, 4.69) is 46.1 Å². The first-order valence-electron chi connectivity index (χ1n) is 12.9. The van der Waals surface area contributed by atoms with Crippen molar-refractivity contribution in [2.75, 3.05) is 6.61 Å². The topological polar surface area (TPSA) is 87.3 Å². The number of esters is 1. The van der Waals surface area contributed by atoms with Gasteiger partial charge in [0.15, 0.2) is 5.76 Å². The maximum absolute atomic E-state index is 12.0. The Bertz CT molecular complexity index is 1320. The van der Waals surface area contributed by atoms with E-state index in [4.69, 9.17) is 13.9 Å². The smallest absolute Gasteiger partial charge is 0.308 e. The first-order chi connectivity index (χ1) is 17.7. The normalized spacial score (nSPS) is 12.6. The van der Waals surface area contributed by atoms with Crippen LogP contribution in [0.5, 0.6) is 0 Å². The van der Waals surface area contributed by atoms with Crippen molar-refractivity contribution in [3.05, 3.63) is 66.2 Å². The molecule has 1 aromatic carbocycles. The van der Waals surface area contributed by atoms with Gasteiger partial charge in [0.25, 0.3) is 0 Å². The highest BCUT2D eigenvalue weighted by molar-refractivity contribution is 6.01. The summed E-state index contributed by atoms with van der Waals surface area (Å²) in [5.41, 5.74) is 4.95. The summed E-state index contributed by atoms with van der Waals surface area (Å²) in [4.78, 5) is 25.6. The molecule has 0 fully saturated rings. The number of hydrogen-bond donors (Lipinski definition) is 0. The van der Waals surface area contributed by atoms with Crippen LogP contribution in [-0.4, -0.2) is 39.2 Å². The third-order valence-electron chi connectivity index (χ3n) is 6.03. The van der Waals surface area contributed by atoms with Crippen molar-refractivity contribution in [2.24, 2.45) is 0 Å². The molecule has 3 aromatic heterocycles. The van der Waals surface area contributed by atoms with Gasteiger partial charge in [-0.1, -0.05) is 37.3 Å². The summed E-state index contributed by atoms with van der Waals surface area (Å²) in [5, 5.41) is 0.897. The van der Waals surface area contributed by atoms with Crippen molar-refractivity contribution in [3.63, 3.8) is 0 Å². The Labute approximate surface area is 218 Å². The van der Waals surface area contributed by atoms with Gasteiger partial charge < -0.3 is 13.9 Å². The Morgan fingerprint density at radius 2 is 1.84 bits per heavy atom. The van der Waals surface area contributed by atoms with E-state index in [0.29, 0.717) is 24.5 Å². The van der Waals surface area contributed by atoms with E-state index in [1.807, 2.05) is 45.9 Å². The molecule has 0 aliphatic rings. The quantitative estimate of drug-likeness (QED) is 0.227. The molecule has 37 heavy (non-hydrogen) atoms. The van der Waals surface area contributed by atoms with Crippen LogP contribution in [0.15, 0.2) is 59.4 Å². The van der Waals surface area contributed by atoms with Gasteiger partial charge in [0, 0.05) is 11.8 Å². The summed E-state index contributed by atoms with van der Waals surface area (Å²) >= 11 is 0. The number of carbonyl (C=O) groups excluding carboxylic acids is 1. The predicted octanol–water partition coefficient (Wildman–Crippen LogP) is 6.58. The predicted molar refractivity (Wildman–Crippen MR) is 144 cm³/mol. The van der Waals surface area contributed by atoms with Gasteiger partial charge in [0.05, 0.1) is 30.2 Å². The van der Waals surface area contributed by atoms with Gasteiger partial charge in [-0.2, -0.15) is 0 Å². The largest absolute Gasteiger partial charge is 0.460 e. The molecule has 3 heterocycles. The van der Waals surface area contributed by atoms with E-state index in [9.17, 15) is 4.79 Å². The lowest BCUT2D eigenvalue weighted by molar-refractivity contribution is -0.156. The molecule has 0 bridgehead atoms. The molecule has 0 aliphatic heterocycles. The lowest BCUT2D eigenvalue weighted by Crippen LogP contribution is -2.25. The molecule has 0 radical (unpaired) electrons. The molecule has 0 amide bonds. The maximum atomic E-state index is 12.0. The van der Waals surface area contributed by atoms with Gasteiger partial charge >= 0.3 is 5.97 Å². The van der Waals surface area contributed by atoms with E-state index in [1.54, 1.807) is 12.5 Å². The van der Waals surface area contributed by atoms with Crippen molar-refractivity contribution in [2.45, 2.75) is 72.0 Å². The first-order valence-corrected chi connectivity index (χ1v) is 12.9. The van der Waals surface area contributed by atoms with Crippen LogP contribution in [0.2, 0.25) is 0 Å². The number of hydrogen-bond acceptors (Lipinski definition) is 7. The summed E-state index contributed by atoms with van der Waals surface area (Å²) in [6.07, 6.45) is 5.86. The van der Waals surface area contributed by atoms with Gasteiger partial charge in [0.1, 0.15) is 17.6 Å². The molecule has 4 aromatic rings. The second-order valence-electron chi connectivity index (χ2n) is 10.1. The number of aromatic nitrogens is 3. The summed E-state index contributed by atoms with van der Waals surface area (Å²) in [5.74, 6) is 0.430. The molecular weight excluding hydrogens is 466 g/mol. The Balaban J connectivity index is 1.57. The lowest BCUT2D eigenvalue weighted by Gasteiger charge is -2.20. The summed E-state index contributed by atoms with van der Waals surface area (Å²) in [7, 11) is 0. The van der Waals surface area contributed by atoms with Crippen molar-refractivity contribution >= 4 is 17.1 Å². The van der Waals surface area contributed by atoms with Gasteiger partial charge in [-0.25, -0.2) is 9.97 Å². The van der Waals surface area contributed by atoms with E-state index >= 15 is 0 Å². The summed E-state index contributed by atoms with van der Waals surface area (Å²) in [6.45, 7) is 10.0. The van der Waals surface area contributed by atoms with E-state index < -0.39 is 5.60 Å². The highest BCUT2D eigenvalue weighted by atomic mass is 16.6. The number of fused-ring (bicyclic) bond motifs is 1. The number of ether oxygens (including phenoxy) is 2. The summed E-state index contributed by atoms with van der Waals surface area (Å²) in [6, 6.07) is 14.3. The fraction of sp³-hybridized carbons (Fsp3) is 0.400. The highest BCUT2D eigenvalue weighted by Gasteiger charge is 2.23. The average Bonchev–Trinajstić information content (AvgIpc) is 3.27. The monoisotopic (exact) mass is 501 g/mol. The van der Waals surface area contributed by atoms with Crippen LogP contribution in [-0.2, 0) is 27.1 Å². The number of nitrogens with zero attached hydrogens (tertiary/aromatic N) is 3. The highest BCUT2D eigenvalue weighted by Crippen LogP contribution is 2.41. The van der Waals surface area contributed by atoms with Gasteiger partial charge in [0.2, 0.25) is 5.71 Å². The molecule has 0 aliphatic carbocycles. The average molecular weight is 502 g/mol. The number of rotatable bonds is 10. The van der Waals surface area contributed by atoms with Crippen LogP contribution >= 0.6 is 0 Å². The molecule has 7 heteroatoms. The van der Waals surface area contributed by atoms with E-state index in [-0.39, 0.29) is 18.5 Å². The van der Waals surface area contributed by atoms with Crippen LogP contribution in [0.3, 0.4) is 0 Å². The third kappa shape index (κ3) is 6.80. The molecule has 0 unspecified atom stereocenters. The number of furan rings is 1. The van der Waals surface area contributed by atoms with Crippen LogP contribution in [0.1, 0.15) is 58.7 Å². The number of carbonyl (C=O) groups is 1. The second-order valence-corrected chi connectivity index (χ2v) is 10.1. The molecule has 0 saturated heterocycles. The molecule has 0 spiro atoms. The second kappa shape index (κ2) is 11.6. The number of pyridine rings is 1. The minimum absolute atomic E-state index is 0.0538. The minimum Gasteiger partial charge on any atom is -0.460 e.